The van der Waals surface area contributed by atoms with Crippen molar-refractivity contribution < 1.29 is 23.1 Å². The number of piperidine rings is 1. The highest BCUT2D eigenvalue weighted by molar-refractivity contribution is 7.91. The maximum atomic E-state index is 12.3. The third-order valence-corrected chi connectivity index (χ3v) is 5.26. The number of urea groups is 1. The minimum Gasteiger partial charge on any atom is -0.480 e. The zero-order chi connectivity index (χ0) is 14.0. The van der Waals surface area contributed by atoms with Crippen LogP contribution in [0.3, 0.4) is 0 Å². The van der Waals surface area contributed by atoms with E-state index < -0.39 is 21.8 Å². The molecule has 2 saturated heterocycles. The van der Waals surface area contributed by atoms with Crippen LogP contribution in [0.5, 0.6) is 0 Å². The van der Waals surface area contributed by atoms with Gasteiger partial charge in [-0.3, -0.25) is 0 Å². The average molecular weight is 290 g/mol. The molecule has 2 heterocycles. The Kier molecular flexibility index (Phi) is 3.98. The standard InChI is InChI=1S/C11H18N2O5S/c14-10(15)9-3-1-2-4-13(9)11(16)12-5-7-19(17,18)8-6-12/h9H,1-8H2,(H,14,15)/t9-/m0/s1. The molecule has 19 heavy (non-hydrogen) atoms. The van der Waals surface area contributed by atoms with Gasteiger partial charge in [0.25, 0.3) is 0 Å². The fourth-order valence-electron chi connectivity index (χ4n) is 2.50. The van der Waals surface area contributed by atoms with Gasteiger partial charge in [0.1, 0.15) is 6.04 Å². The lowest BCUT2D eigenvalue weighted by Crippen LogP contribution is -2.55. The number of sulfone groups is 1. The van der Waals surface area contributed by atoms with Crippen LogP contribution >= 0.6 is 0 Å². The van der Waals surface area contributed by atoms with Crippen molar-refractivity contribution in [2.45, 2.75) is 25.3 Å². The molecule has 1 N–H and O–H groups in total. The second-order valence-electron chi connectivity index (χ2n) is 4.96. The highest BCUT2D eigenvalue weighted by atomic mass is 32.2. The number of carboxylic acids is 1. The third-order valence-electron chi connectivity index (χ3n) is 3.65. The van der Waals surface area contributed by atoms with Crippen molar-refractivity contribution in [1.29, 1.82) is 0 Å². The van der Waals surface area contributed by atoms with Gasteiger partial charge in [-0.15, -0.1) is 0 Å². The fraction of sp³-hybridized carbons (Fsp3) is 0.818. The van der Waals surface area contributed by atoms with Crippen molar-refractivity contribution in [2.75, 3.05) is 31.1 Å². The SMILES string of the molecule is O=C(O)[C@@H]1CCCCN1C(=O)N1CCS(=O)(=O)CC1. The second-order valence-corrected chi connectivity index (χ2v) is 7.27. The van der Waals surface area contributed by atoms with Crippen molar-refractivity contribution in [1.82, 2.24) is 9.80 Å². The molecule has 0 bridgehead atoms. The van der Waals surface area contributed by atoms with Crippen LogP contribution in [0, 0.1) is 0 Å². The monoisotopic (exact) mass is 290 g/mol. The first kappa shape index (κ1) is 14.1. The first-order valence-corrected chi connectivity index (χ1v) is 8.21. The Morgan fingerprint density at radius 2 is 1.68 bits per heavy atom. The maximum absolute atomic E-state index is 12.3. The van der Waals surface area contributed by atoms with E-state index in [-0.39, 0.29) is 30.6 Å². The Balaban J connectivity index is 2.04. The van der Waals surface area contributed by atoms with Crippen LogP contribution in [0.4, 0.5) is 4.79 Å². The number of carboxylic acid groups (broad SMARTS) is 1. The molecule has 0 saturated carbocycles. The van der Waals surface area contributed by atoms with Gasteiger partial charge >= 0.3 is 12.0 Å². The van der Waals surface area contributed by atoms with Gasteiger partial charge in [-0.25, -0.2) is 18.0 Å². The van der Waals surface area contributed by atoms with Crippen LogP contribution in [0.15, 0.2) is 0 Å². The number of carbonyl (C=O) groups is 2. The molecule has 108 valence electrons. The van der Waals surface area contributed by atoms with Gasteiger partial charge in [-0.2, -0.15) is 0 Å². The van der Waals surface area contributed by atoms with E-state index >= 15 is 0 Å². The summed E-state index contributed by atoms with van der Waals surface area (Å²) < 4.78 is 22.6. The largest absolute Gasteiger partial charge is 0.480 e. The van der Waals surface area contributed by atoms with Gasteiger partial charge < -0.3 is 14.9 Å². The second kappa shape index (κ2) is 5.36. The van der Waals surface area contributed by atoms with E-state index in [1.807, 2.05) is 0 Å². The van der Waals surface area contributed by atoms with Crippen molar-refractivity contribution in [3.05, 3.63) is 0 Å². The number of hydrogen-bond acceptors (Lipinski definition) is 4. The number of likely N-dealkylation sites (tertiary alicyclic amines) is 1. The molecule has 0 unspecified atom stereocenters. The van der Waals surface area contributed by atoms with E-state index in [0.29, 0.717) is 13.0 Å². The Morgan fingerprint density at radius 1 is 1.05 bits per heavy atom. The summed E-state index contributed by atoms with van der Waals surface area (Å²) in [5.74, 6) is -1.06. The van der Waals surface area contributed by atoms with E-state index in [1.54, 1.807) is 0 Å². The molecular weight excluding hydrogens is 272 g/mol. The van der Waals surface area contributed by atoms with E-state index in [2.05, 4.69) is 0 Å². The Bertz CT molecular complexity index is 461. The summed E-state index contributed by atoms with van der Waals surface area (Å²) in [4.78, 5) is 26.2. The van der Waals surface area contributed by atoms with Crippen LogP contribution in [0.1, 0.15) is 19.3 Å². The van der Waals surface area contributed by atoms with Gasteiger partial charge in [0.2, 0.25) is 0 Å². The summed E-state index contributed by atoms with van der Waals surface area (Å²) in [6, 6.07) is -1.12. The molecular formula is C11H18N2O5S. The highest BCUT2D eigenvalue weighted by Gasteiger charge is 2.36. The third kappa shape index (κ3) is 3.17. The van der Waals surface area contributed by atoms with Crippen LogP contribution in [-0.2, 0) is 14.6 Å². The number of rotatable bonds is 1. The molecule has 2 aliphatic rings. The molecule has 2 rings (SSSR count). The number of nitrogens with zero attached hydrogens (tertiary/aromatic N) is 2. The summed E-state index contributed by atoms with van der Waals surface area (Å²) in [6.07, 6.45) is 2.06. The fourth-order valence-corrected chi connectivity index (χ4v) is 3.70. The minimum absolute atomic E-state index is 0.0374. The predicted molar refractivity (Wildman–Crippen MR) is 67.6 cm³/mol. The smallest absolute Gasteiger partial charge is 0.326 e. The lowest BCUT2D eigenvalue weighted by molar-refractivity contribution is -0.143. The molecule has 2 fully saturated rings. The molecule has 0 aromatic heterocycles. The predicted octanol–water partition coefficient (Wildman–Crippen LogP) is -0.224. The maximum Gasteiger partial charge on any atom is 0.326 e. The Morgan fingerprint density at radius 3 is 2.26 bits per heavy atom. The van der Waals surface area contributed by atoms with Gasteiger partial charge in [-0.1, -0.05) is 0 Å². The summed E-state index contributed by atoms with van der Waals surface area (Å²) >= 11 is 0. The Labute approximate surface area is 112 Å². The van der Waals surface area contributed by atoms with Crippen molar-refractivity contribution in [3.8, 4) is 0 Å². The molecule has 7 nitrogen and oxygen atoms in total. The Hall–Kier alpha value is -1.31. The van der Waals surface area contributed by atoms with Gasteiger partial charge in [0, 0.05) is 19.6 Å². The van der Waals surface area contributed by atoms with Crippen LogP contribution in [0.25, 0.3) is 0 Å². The number of amides is 2. The van der Waals surface area contributed by atoms with E-state index in [1.165, 1.54) is 9.80 Å². The average Bonchev–Trinajstić information content (AvgIpc) is 2.38. The lowest BCUT2D eigenvalue weighted by Gasteiger charge is -2.38. The number of hydrogen-bond donors (Lipinski definition) is 1. The van der Waals surface area contributed by atoms with Crippen LogP contribution in [0.2, 0.25) is 0 Å². The van der Waals surface area contributed by atoms with E-state index in [0.717, 1.165) is 12.8 Å². The quantitative estimate of drug-likeness (QED) is 0.720. The molecule has 0 radical (unpaired) electrons. The molecule has 0 aromatic carbocycles. The summed E-state index contributed by atoms with van der Waals surface area (Å²) in [5, 5.41) is 9.13. The topological polar surface area (TPSA) is 95.0 Å². The number of aliphatic carboxylic acids is 1. The van der Waals surface area contributed by atoms with Gasteiger partial charge in [-0.05, 0) is 19.3 Å². The van der Waals surface area contributed by atoms with Gasteiger partial charge in [0.05, 0.1) is 11.5 Å². The van der Waals surface area contributed by atoms with Crippen LogP contribution in [-0.4, -0.2) is 72.5 Å². The summed E-state index contributed by atoms with van der Waals surface area (Å²) in [7, 11) is -3.04. The first-order chi connectivity index (χ1) is 8.91. The van der Waals surface area contributed by atoms with Gasteiger partial charge in [0.15, 0.2) is 9.84 Å². The first-order valence-electron chi connectivity index (χ1n) is 6.39. The van der Waals surface area contributed by atoms with Crippen molar-refractivity contribution in [3.63, 3.8) is 0 Å². The molecule has 0 aromatic rings. The zero-order valence-electron chi connectivity index (χ0n) is 10.6. The molecule has 2 amide bonds. The summed E-state index contributed by atoms with van der Waals surface area (Å²) in [5.41, 5.74) is 0. The number of carbonyl (C=O) groups excluding carboxylic acids is 1. The van der Waals surface area contributed by atoms with Crippen molar-refractivity contribution in [2.24, 2.45) is 0 Å². The van der Waals surface area contributed by atoms with Crippen LogP contribution < -0.4 is 0 Å². The molecule has 2 aliphatic heterocycles. The van der Waals surface area contributed by atoms with Crippen molar-refractivity contribution >= 4 is 21.8 Å². The minimum atomic E-state index is -3.04. The van der Waals surface area contributed by atoms with E-state index in [9.17, 15) is 18.0 Å². The highest BCUT2D eigenvalue weighted by Crippen LogP contribution is 2.19. The summed E-state index contributed by atoms with van der Waals surface area (Å²) in [6.45, 7) is 0.743. The molecule has 1 atom stereocenters. The normalized spacial score (nSPS) is 27.1. The zero-order valence-corrected chi connectivity index (χ0v) is 11.4. The molecule has 0 spiro atoms. The molecule has 8 heteroatoms. The molecule has 0 aliphatic carbocycles. The lowest BCUT2D eigenvalue weighted by atomic mass is 10.0. The van der Waals surface area contributed by atoms with E-state index in [4.69, 9.17) is 5.11 Å².